The van der Waals surface area contributed by atoms with Gasteiger partial charge in [0.25, 0.3) is 0 Å². The van der Waals surface area contributed by atoms with Crippen LogP contribution in [-0.2, 0) is 4.74 Å². The van der Waals surface area contributed by atoms with Crippen molar-refractivity contribution >= 4 is 0 Å². The molecule has 1 saturated heterocycles. The number of rotatable bonds is 1. The monoisotopic (exact) mass is 255 g/mol. The number of fused-ring (bicyclic) bond motifs is 1. The number of phenols is 1. The summed E-state index contributed by atoms with van der Waals surface area (Å²) in [5, 5.41) is 13.0. The number of phenolic OH excluding ortho intramolecular Hbond substituents is 1. The van der Waals surface area contributed by atoms with Crippen molar-refractivity contribution in [1.29, 1.82) is 0 Å². The maximum absolute atomic E-state index is 13.7. The Labute approximate surface area is 103 Å². The lowest BCUT2D eigenvalue weighted by atomic mass is 10.0. The Kier molecular flexibility index (Phi) is 2.97. The maximum Gasteiger partial charge on any atom is 0.171 e. The zero-order chi connectivity index (χ0) is 12.5. The second-order valence-electron chi connectivity index (χ2n) is 4.21. The molecule has 6 heteroatoms. The van der Waals surface area contributed by atoms with Crippen LogP contribution in [0.25, 0.3) is 0 Å². The fraction of sp³-hybridized carbons (Fsp3) is 0.500. The first kappa shape index (κ1) is 11.6. The first-order valence-corrected chi connectivity index (χ1v) is 5.90. The fourth-order valence-corrected chi connectivity index (χ4v) is 2.22. The molecule has 0 spiro atoms. The molecule has 0 aliphatic carbocycles. The van der Waals surface area contributed by atoms with E-state index >= 15 is 0 Å². The molecular weight excluding hydrogens is 241 g/mol. The zero-order valence-electron chi connectivity index (χ0n) is 9.74. The van der Waals surface area contributed by atoms with Crippen molar-refractivity contribution in [3.05, 3.63) is 17.4 Å². The second-order valence-corrected chi connectivity index (χ2v) is 4.21. The fourth-order valence-electron chi connectivity index (χ4n) is 2.22. The molecule has 2 aliphatic heterocycles. The molecule has 2 aliphatic rings. The van der Waals surface area contributed by atoms with Gasteiger partial charge in [0.05, 0.1) is 12.2 Å². The zero-order valence-corrected chi connectivity index (χ0v) is 9.74. The van der Waals surface area contributed by atoms with E-state index in [4.69, 9.17) is 14.2 Å². The van der Waals surface area contributed by atoms with Crippen LogP contribution in [0.3, 0.4) is 0 Å². The van der Waals surface area contributed by atoms with Crippen molar-refractivity contribution in [2.45, 2.75) is 6.10 Å². The summed E-state index contributed by atoms with van der Waals surface area (Å²) in [5.41, 5.74) is 0.330. The van der Waals surface area contributed by atoms with Crippen molar-refractivity contribution in [3.8, 4) is 17.2 Å². The number of hydrogen-bond donors (Lipinski definition) is 2. The second kappa shape index (κ2) is 4.62. The molecular formula is C12H14FNO4. The van der Waals surface area contributed by atoms with Crippen molar-refractivity contribution < 1.29 is 23.7 Å². The quantitative estimate of drug-likeness (QED) is 0.783. The maximum atomic E-state index is 13.7. The predicted octanol–water partition coefficient (Wildman–Crippen LogP) is 0.963. The highest BCUT2D eigenvalue weighted by atomic mass is 19.1. The van der Waals surface area contributed by atoms with Crippen molar-refractivity contribution in [2.75, 3.05) is 32.9 Å². The van der Waals surface area contributed by atoms with Gasteiger partial charge >= 0.3 is 0 Å². The molecule has 1 fully saturated rings. The lowest BCUT2D eigenvalue weighted by Gasteiger charge is -2.29. The van der Waals surface area contributed by atoms with E-state index in [0.29, 0.717) is 43.4 Å². The average molecular weight is 255 g/mol. The lowest BCUT2D eigenvalue weighted by molar-refractivity contribution is 0.0225. The Morgan fingerprint density at radius 2 is 2.11 bits per heavy atom. The van der Waals surface area contributed by atoms with Crippen LogP contribution < -0.4 is 14.8 Å². The smallest absolute Gasteiger partial charge is 0.171 e. The molecule has 0 radical (unpaired) electrons. The van der Waals surface area contributed by atoms with Gasteiger partial charge in [-0.3, -0.25) is 0 Å². The van der Waals surface area contributed by atoms with E-state index in [2.05, 4.69) is 5.32 Å². The van der Waals surface area contributed by atoms with Crippen LogP contribution in [0.2, 0.25) is 0 Å². The van der Waals surface area contributed by atoms with E-state index in [0.717, 1.165) is 12.6 Å². The summed E-state index contributed by atoms with van der Waals surface area (Å²) in [6.45, 7) is 2.51. The summed E-state index contributed by atoms with van der Waals surface area (Å²) in [6, 6.07) is 1.14. The Balaban J connectivity index is 2.07. The highest BCUT2D eigenvalue weighted by Gasteiger charge is 2.30. The third-order valence-corrected chi connectivity index (χ3v) is 3.04. The van der Waals surface area contributed by atoms with Crippen LogP contribution in [0.5, 0.6) is 17.2 Å². The SMILES string of the molecule is Oc1c(F)cc2c(c1C1CNCCO1)OCCO2. The number of ether oxygens (including phenoxy) is 3. The van der Waals surface area contributed by atoms with Gasteiger partial charge in [-0.2, -0.15) is 0 Å². The van der Waals surface area contributed by atoms with Gasteiger partial charge in [-0.15, -0.1) is 0 Å². The standard InChI is InChI=1S/C12H14FNO4/c13-7-5-8-12(18-4-3-17-8)10(11(7)15)9-6-14-1-2-16-9/h5,9,14-15H,1-4,6H2. The molecule has 0 bridgehead atoms. The van der Waals surface area contributed by atoms with E-state index in [9.17, 15) is 9.50 Å². The van der Waals surface area contributed by atoms with Crippen LogP contribution in [-0.4, -0.2) is 38.0 Å². The summed E-state index contributed by atoms with van der Waals surface area (Å²) in [6.07, 6.45) is -0.426. The van der Waals surface area contributed by atoms with Gasteiger partial charge in [-0.1, -0.05) is 0 Å². The van der Waals surface area contributed by atoms with Crippen molar-refractivity contribution in [1.82, 2.24) is 5.32 Å². The Hall–Kier alpha value is -1.53. The lowest BCUT2D eigenvalue weighted by Crippen LogP contribution is -2.34. The van der Waals surface area contributed by atoms with E-state index in [-0.39, 0.29) is 0 Å². The van der Waals surface area contributed by atoms with Gasteiger partial charge < -0.3 is 24.6 Å². The minimum atomic E-state index is -0.719. The van der Waals surface area contributed by atoms with Gasteiger partial charge in [0.2, 0.25) is 0 Å². The minimum absolute atomic E-state index is 0.320. The summed E-state index contributed by atoms with van der Waals surface area (Å²) in [7, 11) is 0. The Morgan fingerprint density at radius 3 is 2.89 bits per heavy atom. The first-order chi connectivity index (χ1) is 8.77. The number of hydrogen-bond acceptors (Lipinski definition) is 5. The van der Waals surface area contributed by atoms with Crippen LogP contribution in [0.15, 0.2) is 6.07 Å². The number of benzene rings is 1. The molecule has 0 amide bonds. The highest BCUT2D eigenvalue weighted by molar-refractivity contribution is 5.56. The number of halogens is 1. The van der Waals surface area contributed by atoms with Gasteiger partial charge in [-0.25, -0.2) is 4.39 Å². The molecule has 18 heavy (non-hydrogen) atoms. The van der Waals surface area contributed by atoms with E-state index in [1.54, 1.807) is 0 Å². The van der Waals surface area contributed by atoms with Crippen molar-refractivity contribution in [2.24, 2.45) is 0 Å². The Bertz CT molecular complexity index is 460. The largest absolute Gasteiger partial charge is 0.504 e. The normalized spacial score (nSPS) is 22.8. The molecule has 1 unspecified atom stereocenters. The number of nitrogens with one attached hydrogen (secondary N) is 1. The summed E-state index contributed by atoms with van der Waals surface area (Å²) >= 11 is 0. The molecule has 2 N–H and O–H groups in total. The van der Waals surface area contributed by atoms with Crippen LogP contribution in [0.1, 0.15) is 11.7 Å². The third kappa shape index (κ3) is 1.87. The number of aromatic hydroxyl groups is 1. The molecule has 3 rings (SSSR count). The predicted molar refractivity (Wildman–Crippen MR) is 60.6 cm³/mol. The molecule has 1 aromatic carbocycles. The first-order valence-electron chi connectivity index (χ1n) is 5.90. The topological polar surface area (TPSA) is 60.0 Å². The molecule has 1 atom stereocenters. The average Bonchev–Trinajstić information content (AvgIpc) is 2.41. The van der Waals surface area contributed by atoms with Gasteiger partial charge in [0.1, 0.15) is 19.3 Å². The molecule has 2 heterocycles. The summed E-state index contributed by atoms with van der Waals surface area (Å²) < 4.78 is 30.0. The molecule has 5 nitrogen and oxygen atoms in total. The van der Waals surface area contributed by atoms with Crippen LogP contribution in [0.4, 0.5) is 4.39 Å². The third-order valence-electron chi connectivity index (χ3n) is 3.04. The molecule has 0 aromatic heterocycles. The van der Waals surface area contributed by atoms with E-state index < -0.39 is 17.7 Å². The van der Waals surface area contributed by atoms with Crippen LogP contribution >= 0.6 is 0 Å². The Morgan fingerprint density at radius 1 is 1.28 bits per heavy atom. The molecule has 98 valence electrons. The van der Waals surface area contributed by atoms with Gasteiger partial charge in [0.15, 0.2) is 23.1 Å². The summed E-state index contributed by atoms with van der Waals surface area (Å²) in [4.78, 5) is 0. The molecule has 1 aromatic rings. The van der Waals surface area contributed by atoms with E-state index in [1.165, 1.54) is 0 Å². The summed E-state index contributed by atoms with van der Waals surface area (Å²) in [5.74, 6) is -0.439. The minimum Gasteiger partial charge on any atom is -0.504 e. The van der Waals surface area contributed by atoms with E-state index in [1.807, 2.05) is 0 Å². The van der Waals surface area contributed by atoms with Crippen LogP contribution in [0, 0.1) is 5.82 Å². The van der Waals surface area contributed by atoms with Gasteiger partial charge in [0, 0.05) is 19.2 Å². The highest BCUT2D eigenvalue weighted by Crippen LogP contribution is 2.45. The van der Waals surface area contributed by atoms with Gasteiger partial charge in [-0.05, 0) is 0 Å². The molecule has 0 saturated carbocycles. The van der Waals surface area contributed by atoms with Crippen molar-refractivity contribution in [3.63, 3.8) is 0 Å². The number of morpholine rings is 1.